The van der Waals surface area contributed by atoms with Gasteiger partial charge in [0.1, 0.15) is 5.41 Å². The second-order valence-electron chi connectivity index (χ2n) is 5.61. The summed E-state index contributed by atoms with van der Waals surface area (Å²) in [7, 11) is 0. The van der Waals surface area contributed by atoms with Crippen molar-refractivity contribution in [2.75, 3.05) is 6.54 Å². The van der Waals surface area contributed by atoms with Crippen LogP contribution in [-0.4, -0.2) is 29.3 Å². The fourth-order valence-electron chi connectivity index (χ4n) is 2.10. The van der Waals surface area contributed by atoms with E-state index in [1.807, 2.05) is 0 Å². The molecule has 0 spiro atoms. The monoisotopic (exact) mass is 268 g/mol. The van der Waals surface area contributed by atoms with Crippen molar-refractivity contribution in [2.45, 2.75) is 59.3 Å². The largest absolute Gasteiger partial charge is 0.330 e. The van der Waals surface area contributed by atoms with Crippen molar-refractivity contribution in [3.05, 3.63) is 0 Å². The van der Waals surface area contributed by atoms with Crippen molar-refractivity contribution < 1.29 is 14.4 Å². The molecule has 108 valence electrons. The summed E-state index contributed by atoms with van der Waals surface area (Å²) in [6.45, 7) is 5.65. The zero-order valence-corrected chi connectivity index (χ0v) is 12.1. The lowest BCUT2D eigenvalue weighted by atomic mass is 9.88. The van der Waals surface area contributed by atoms with E-state index in [9.17, 15) is 14.4 Å². The minimum atomic E-state index is -1.14. The maximum atomic E-state index is 12.1. The lowest BCUT2D eigenvalue weighted by Gasteiger charge is -2.34. The van der Waals surface area contributed by atoms with E-state index in [1.165, 1.54) is 24.2 Å². The molecule has 4 amide bonds. The molecule has 0 aromatic heterocycles. The average molecular weight is 268 g/mol. The van der Waals surface area contributed by atoms with E-state index in [0.717, 1.165) is 19.3 Å². The molecule has 0 aliphatic carbocycles. The highest BCUT2D eigenvalue weighted by Crippen LogP contribution is 2.23. The third kappa shape index (κ3) is 3.78. The Bertz CT molecular complexity index is 364. The van der Waals surface area contributed by atoms with Crippen molar-refractivity contribution in [2.24, 2.45) is 5.41 Å². The number of imide groups is 2. The van der Waals surface area contributed by atoms with Gasteiger partial charge in [-0.2, -0.15) is 0 Å². The summed E-state index contributed by atoms with van der Waals surface area (Å²) in [6, 6.07) is -0.581. The molecule has 1 heterocycles. The van der Waals surface area contributed by atoms with Gasteiger partial charge in [0.15, 0.2) is 0 Å². The SMILES string of the molecule is CCCCCCCCN1C(=O)NC(=O)C(C)(C)C1=O. The number of hydrogen-bond acceptors (Lipinski definition) is 3. The second kappa shape index (κ2) is 6.68. The van der Waals surface area contributed by atoms with Crippen molar-refractivity contribution in [3.8, 4) is 0 Å². The van der Waals surface area contributed by atoms with E-state index < -0.39 is 23.3 Å². The first-order valence-electron chi connectivity index (χ1n) is 7.08. The number of hydrogen-bond donors (Lipinski definition) is 1. The van der Waals surface area contributed by atoms with Crippen LogP contribution in [0.25, 0.3) is 0 Å². The molecular weight excluding hydrogens is 244 g/mol. The molecule has 1 N–H and O–H groups in total. The molecule has 0 bridgehead atoms. The smallest absolute Gasteiger partial charge is 0.277 e. The van der Waals surface area contributed by atoms with Gasteiger partial charge < -0.3 is 0 Å². The van der Waals surface area contributed by atoms with E-state index in [1.54, 1.807) is 13.8 Å². The summed E-state index contributed by atoms with van der Waals surface area (Å²) in [6.07, 6.45) is 6.55. The van der Waals surface area contributed by atoms with E-state index in [2.05, 4.69) is 12.2 Å². The van der Waals surface area contributed by atoms with Gasteiger partial charge in [0.05, 0.1) is 0 Å². The number of nitrogens with zero attached hydrogens (tertiary/aromatic N) is 1. The van der Waals surface area contributed by atoms with Crippen LogP contribution >= 0.6 is 0 Å². The minimum Gasteiger partial charge on any atom is -0.277 e. The number of rotatable bonds is 7. The number of amides is 4. The summed E-state index contributed by atoms with van der Waals surface area (Å²) in [5, 5.41) is 2.24. The van der Waals surface area contributed by atoms with Crippen LogP contribution in [0.15, 0.2) is 0 Å². The first-order chi connectivity index (χ1) is 8.91. The Morgan fingerprint density at radius 2 is 1.58 bits per heavy atom. The van der Waals surface area contributed by atoms with E-state index >= 15 is 0 Å². The standard InChI is InChI=1S/C14H24N2O3/c1-4-5-6-7-8-9-10-16-12(18)14(2,3)11(17)15-13(16)19/h4-10H2,1-3H3,(H,15,17,19). The van der Waals surface area contributed by atoms with Crippen LogP contribution in [0.5, 0.6) is 0 Å². The second-order valence-corrected chi connectivity index (χ2v) is 5.61. The predicted molar refractivity (Wildman–Crippen MR) is 72.4 cm³/mol. The summed E-state index contributed by atoms with van der Waals surface area (Å²) < 4.78 is 0. The molecule has 0 saturated carbocycles. The maximum Gasteiger partial charge on any atom is 0.330 e. The van der Waals surface area contributed by atoms with Gasteiger partial charge in [0, 0.05) is 6.54 Å². The molecular formula is C14H24N2O3. The van der Waals surface area contributed by atoms with Crippen LogP contribution in [0.2, 0.25) is 0 Å². The number of urea groups is 1. The maximum absolute atomic E-state index is 12.1. The molecule has 1 rings (SSSR count). The zero-order valence-electron chi connectivity index (χ0n) is 12.1. The number of barbiturate groups is 1. The van der Waals surface area contributed by atoms with Gasteiger partial charge >= 0.3 is 6.03 Å². The average Bonchev–Trinajstić information content (AvgIpc) is 2.35. The van der Waals surface area contributed by atoms with E-state index in [-0.39, 0.29) is 0 Å². The minimum absolute atomic E-state index is 0.394. The van der Waals surface area contributed by atoms with Gasteiger partial charge in [-0.05, 0) is 20.3 Å². The topological polar surface area (TPSA) is 66.5 Å². The number of nitrogens with one attached hydrogen (secondary N) is 1. The molecule has 1 aliphatic heterocycles. The molecule has 1 aliphatic rings. The van der Waals surface area contributed by atoms with Gasteiger partial charge in [0.2, 0.25) is 11.8 Å². The molecule has 0 aromatic carbocycles. The van der Waals surface area contributed by atoms with Gasteiger partial charge in [0.25, 0.3) is 0 Å². The summed E-state index contributed by atoms with van der Waals surface area (Å²) >= 11 is 0. The first kappa shape index (κ1) is 15.7. The van der Waals surface area contributed by atoms with Gasteiger partial charge in [-0.3, -0.25) is 19.8 Å². The van der Waals surface area contributed by atoms with Crippen molar-refractivity contribution in [1.82, 2.24) is 10.2 Å². The lowest BCUT2D eigenvalue weighted by molar-refractivity contribution is -0.149. The highest BCUT2D eigenvalue weighted by molar-refractivity contribution is 6.18. The third-order valence-corrected chi connectivity index (χ3v) is 3.55. The molecule has 0 radical (unpaired) electrons. The van der Waals surface area contributed by atoms with Crippen LogP contribution in [0, 0.1) is 5.41 Å². The van der Waals surface area contributed by atoms with Crippen LogP contribution in [0.3, 0.4) is 0 Å². The molecule has 5 heteroatoms. The van der Waals surface area contributed by atoms with E-state index in [4.69, 9.17) is 0 Å². The van der Waals surface area contributed by atoms with Crippen LogP contribution in [-0.2, 0) is 9.59 Å². The molecule has 5 nitrogen and oxygen atoms in total. The van der Waals surface area contributed by atoms with Crippen LogP contribution in [0.1, 0.15) is 59.3 Å². The quantitative estimate of drug-likeness (QED) is 0.569. The van der Waals surface area contributed by atoms with Gasteiger partial charge in [-0.15, -0.1) is 0 Å². The first-order valence-corrected chi connectivity index (χ1v) is 7.08. The Labute approximate surface area is 114 Å². The number of carbonyl (C=O) groups is 3. The predicted octanol–water partition coefficient (Wildman–Crippen LogP) is 2.45. The Morgan fingerprint density at radius 3 is 2.21 bits per heavy atom. The molecule has 0 atom stereocenters. The van der Waals surface area contributed by atoms with Crippen molar-refractivity contribution in [3.63, 3.8) is 0 Å². The third-order valence-electron chi connectivity index (χ3n) is 3.55. The molecule has 0 unspecified atom stereocenters. The highest BCUT2D eigenvalue weighted by atomic mass is 16.2. The number of carbonyl (C=O) groups excluding carboxylic acids is 3. The summed E-state index contributed by atoms with van der Waals surface area (Å²) in [5.74, 6) is -0.906. The van der Waals surface area contributed by atoms with Crippen molar-refractivity contribution >= 4 is 17.8 Å². The summed E-state index contributed by atoms with van der Waals surface area (Å²) in [4.78, 5) is 36.4. The molecule has 0 aromatic rings. The lowest BCUT2D eigenvalue weighted by Crippen LogP contribution is -2.61. The van der Waals surface area contributed by atoms with E-state index in [0.29, 0.717) is 6.54 Å². The fourth-order valence-corrected chi connectivity index (χ4v) is 2.10. The van der Waals surface area contributed by atoms with Gasteiger partial charge in [-0.25, -0.2) is 4.79 Å². The number of unbranched alkanes of at least 4 members (excludes halogenated alkanes) is 5. The summed E-state index contributed by atoms with van der Waals surface area (Å²) in [5.41, 5.74) is -1.14. The molecule has 1 fully saturated rings. The Kier molecular flexibility index (Phi) is 5.51. The van der Waals surface area contributed by atoms with Gasteiger partial charge in [-0.1, -0.05) is 39.0 Å². The Morgan fingerprint density at radius 1 is 1.00 bits per heavy atom. The zero-order chi connectivity index (χ0) is 14.5. The highest BCUT2D eigenvalue weighted by Gasteiger charge is 2.46. The molecule has 19 heavy (non-hydrogen) atoms. The van der Waals surface area contributed by atoms with Crippen LogP contribution in [0.4, 0.5) is 4.79 Å². The Balaban J connectivity index is 2.42. The molecule has 1 saturated heterocycles. The van der Waals surface area contributed by atoms with Crippen molar-refractivity contribution in [1.29, 1.82) is 0 Å². The normalized spacial score (nSPS) is 18.7. The Hall–Kier alpha value is -1.39. The van der Waals surface area contributed by atoms with Crippen LogP contribution < -0.4 is 5.32 Å². The fraction of sp³-hybridized carbons (Fsp3) is 0.786.